The fourth-order valence-corrected chi connectivity index (χ4v) is 5.70. The Morgan fingerprint density at radius 2 is 1.80 bits per heavy atom. The van der Waals surface area contributed by atoms with E-state index in [0.717, 1.165) is 18.5 Å². The standard InChI is InChI=1S/C26H27ClF5N3O5/c1-38-18-6-3-14(11-19(18)39-2)13-25-8-7-15(12-20(25)33-10-9-25)34-24(37)35(40-23(36)26(30,31)32)22-17(29)5-4-16(28)21(22)27/h3-6,11,15,20,33H,7-10,12-13H2,1-2H3,(H,34,37)/t15-,20+,25-/m1/s1. The zero-order chi connectivity index (χ0) is 29.2. The van der Waals surface area contributed by atoms with Crippen LogP contribution < -0.4 is 25.2 Å². The third-order valence-corrected chi connectivity index (χ3v) is 7.77. The van der Waals surface area contributed by atoms with Crippen molar-refractivity contribution in [2.24, 2.45) is 5.41 Å². The number of halogens is 6. The summed E-state index contributed by atoms with van der Waals surface area (Å²) >= 11 is 5.75. The van der Waals surface area contributed by atoms with E-state index in [1.807, 2.05) is 18.2 Å². The molecular weight excluding hydrogens is 565 g/mol. The van der Waals surface area contributed by atoms with Gasteiger partial charge in [0.2, 0.25) is 0 Å². The maximum Gasteiger partial charge on any atom is 0.493 e. The summed E-state index contributed by atoms with van der Waals surface area (Å²) in [5.74, 6) is -4.21. The molecule has 1 saturated carbocycles. The number of hydrogen-bond acceptors (Lipinski definition) is 6. The fourth-order valence-electron chi connectivity index (χ4n) is 5.47. The molecule has 2 N–H and O–H groups in total. The number of urea groups is 1. The lowest BCUT2D eigenvalue weighted by Gasteiger charge is -2.43. The van der Waals surface area contributed by atoms with Crippen LogP contribution >= 0.6 is 11.6 Å². The second kappa shape index (κ2) is 11.7. The number of nitrogens with one attached hydrogen (secondary N) is 2. The van der Waals surface area contributed by atoms with Gasteiger partial charge in [-0.15, -0.1) is 5.06 Å². The molecule has 2 aliphatic rings. The van der Waals surface area contributed by atoms with Gasteiger partial charge in [-0.05, 0) is 73.9 Å². The molecule has 1 aliphatic carbocycles. The van der Waals surface area contributed by atoms with Crippen LogP contribution in [0, 0.1) is 17.0 Å². The van der Waals surface area contributed by atoms with Crippen LogP contribution in [0.4, 0.5) is 32.4 Å². The monoisotopic (exact) mass is 591 g/mol. The molecule has 40 heavy (non-hydrogen) atoms. The van der Waals surface area contributed by atoms with Crippen molar-refractivity contribution in [2.45, 2.75) is 50.4 Å². The van der Waals surface area contributed by atoms with E-state index in [1.54, 1.807) is 14.2 Å². The number of alkyl halides is 3. The Morgan fingerprint density at radius 3 is 2.48 bits per heavy atom. The van der Waals surface area contributed by atoms with Crippen LogP contribution in [0.5, 0.6) is 11.5 Å². The number of rotatable bonds is 6. The van der Waals surface area contributed by atoms with Crippen LogP contribution in [0.3, 0.4) is 0 Å². The minimum atomic E-state index is -5.52. The number of hydroxylamine groups is 1. The summed E-state index contributed by atoms with van der Waals surface area (Å²) in [6.07, 6.45) is -2.51. The number of ether oxygens (including phenoxy) is 2. The Kier molecular flexibility index (Phi) is 8.64. The Balaban J connectivity index is 1.52. The van der Waals surface area contributed by atoms with E-state index in [4.69, 9.17) is 21.1 Å². The molecule has 0 unspecified atom stereocenters. The van der Waals surface area contributed by atoms with Gasteiger partial charge in [0.05, 0.1) is 14.2 Å². The minimum Gasteiger partial charge on any atom is -0.493 e. The summed E-state index contributed by atoms with van der Waals surface area (Å²) < 4.78 is 78.1. The Hall–Kier alpha value is -3.32. The van der Waals surface area contributed by atoms with Gasteiger partial charge in [-0.3, -0.25) is 0 Å². The van der Waals surface area contributed by atoms with Gasteiger partial charge in [0.25, 0.3) is 0 Å². The van der Waals surface area contributed by atoms with Crippen LogP contribution in [0.1, 0.15) is 31.2 Å². The van der Waals surface area contributed by atoms with E-state index < -0.39 is 46.6 Å². The maximum absolute atomic E-state index is 14.5. The lowest BCUT2D eigenvalue weighted by Crippen LogP contribution is -2.53. The summed E-state index contributed by atoms with van der Waals surface area (Å²) in [4.78, 5) is 28.8. The first kappa shape index (κ1) is 29.7. The molecule has 2 amide bonds. The van der Waals surface area contributed by atoms with Gasteiger partial charge in [0.1, 0.15) is 16.5 Å². The third-order valence-electron chi connectivity index (χ3n) is 7.41. The van der Waals surface area contributed by atoms with E-state index >= 15 is 0 Å². The highest BCUT2D eigenvalue weighted by molar-refractivity contribution is 6.34. The highest BCUT2D eigenvalue weighted by Gasteiger charge is 2.48. The Morgan fingerprint density at radius 1 is 1.10 bits per heavy atom. The first-order valence-electron chi connectivity index (χ1n) is 12.4. The van der Waals surface area contributed by atoms with Gasteiger partial charge >= 0.3 is 18.2 Å². The molecule has 1 aliphatic heterocycles. The zero-order valence-corrected chi connectivity index (χ0v) is 22.3. The molecular formula is C26H27ClF5N3O5. The minimum absolute atomic E-state index is 0.0692. The molecule has 4 rings (SSSR count). The Bertz CT molecular complexity index is 1280. The largest absolute Gasteiger partial charge is 0.493 e. The summed E-state index contributed by atoms with van der Waals surface area (Å²) in [6.45, 7) is 0.720. The predicted octanol–water partition coefficient (Wildman–Crippen LogP) is 5.32. The average molecular weight is 592 g/mol. The number of hydrogen-bond donors (Lipinski definition) is 2. The Labute approximate surface area is 231 Å². The lowest BCUT2D eigenvalue weighted by atomic mass is 9.66. The summed E-state index contributed by atoms with van der Waals surface area (Å²) in [5.41, 5.74) is -0.300. The summed E-state index contributed by atoms with van der Waals surface area (Å²) in [7, 11) is 3.09. The van der Waals surface area contributed by atoms with Gasteiger partial charge in [-0.2, -0.15) is 13.2 Å². The van der Waals surface area contributed by atoms with E-state index in [-0.39, 0.29) is 16.5 Å². The highest BCUT2D eigenvalue weighted by atomic mass is 35.5. The molecule has 2 aromatic rings. The molecule has 3 atom stereocenters. The normalized spacial score (nSPS) is 22.3. The predicted molar refractivity (Wildman–Crippen MR) is 134 cm³/mol. The number of amides is 2. The van der Waals surface area contributed by atoms with E-state index in [2.05, 4.69) is 15.5 Å². The van der Waals surface area contributed by atoms with Crippen molar-refractivity contribution in [1.29, 1.82) is 0 Å². The number of carbonyl (C=O) groups excluding carboxylic acids is 2. The SMILES string of the molecule is COc1ccc(C[C@@]23CCN[C@H]2C[C@H](NC(=O)N(OC(=O)C(F)(F)F)c2c(F)ccc(F)c2Cl)CC3)cc1OC. The van der Waals surface area contributed by atoms with Crippen LogP contribution in [0.25, 0.3) is 0 Å². The highest BCUT2D eigenvalue weighted by Crippen LogP contribution is 2.46. The number of fused-ring (bicyclic) bond motifs is 1. The van der Waals surface area contributed by atoms with Gasteiger partial charge in [0.15, 0.2) is 17.3 Å². The van der Waals surface area contributed by atoms with E-state index in [0.29, 0.717) is 49.3 Å². The summed E-state index contributed by atoms with van der Waals surface area (Å²) in [6, 6.07) is 4.78. The molecule has 0 spiro atoms. The van der Waals surface area contributed by atoms with Crippen molar-refractivity contribution in [3.63, 3.8) is 0 Å². The molecule has 0 aromatic heterocycles. The van der Waals surface area contributed by atoms with Gasteiger partial charge in [-0.25, -0.2) is 18.4 Å². The molecule has 1 saturated heterocycles. The van der Waals surface area contributed by atoms with Crippen LogP contribution in [-0.2, 0) is 16.1 Å². The number of methoxy groups -OCH3 is 2. The molecule has 1 heterocycles. The molecule has 0 radical (unpaired) electrons. The quantitative estimate of drug-likeness (QED) is 0.269. The van der Waals surface area contributed by atoms with Crippen molar-refractivity contribution in [1.82, 2.24) is 10.6 Å². The molecule has 2 aromatic carbocycles. The van der Waals surface area contributed by atoms with Gasteiger partial charge in [0, 0.05) is 12.1 Å². The second-order valence-electron chi connectivity index (χ2n) is 9.77. The number of anilines is 1. The van der Waals surface area contributed by atoms with E-state index in [1.165, 1.54) is 0 Å². The second-order valence-corrected chi connectivity index (χ2v) is 10.1. The van der Waals surface area contributed by atoms with Crippen LogP contribution in [-0.4, -0.2) is 51.0 Å². The first-order valence-corrected chi connectivity index (χ1v) is 12.7. The number of carbonyl (C=O) groups is 2. The topological polar surface area (TPSA) is 89.1 Å². The molecule has 218 valence electrons. The van der Waals surface area contributed by atoms with Crippen molar-refractivity contribution in [3.05, 3.63) is 52.6 Å². The van der Waals surface area contributed by atoms with Gasteiger partial charge < -0.3 is 24.9 Å². The van der Waals surface area contributed by atoms with E-state index in [9.17, 15) is 31.5 Å². The smallest absolute Gasteiger partial charge is 0.493 e. The number of benzene rings is 2. The average Bonchev–Trinajstić information content (AvgIpc) is 3.32. The van der Waals surface area contributed by atoms with Crippen molar-refractivity contribution in [3.8, 4) is 11.5 Å². The molecule has 2 fully saturated rings. The van der Waals surface area contributed by atoms with Crippen molar-refractivity contribution >= 4 is 29.3 Å². The van der Waals surface area contributed by atoms with Crippen LogP contribution in [0.15, 0.2) is 30.3 Å². The zero-order valence-electron chi connectivity index (χ0n) is 21.5. The maximum atomic E-state index is 14.5. The van der Waals surface area contributed by atoms with Crippen LogP contribution in [0.2, 0.25) is 5.02 Å². The first-order chi connectivity index (χ1) is 18.9. The number of nitrogens with zero attached hydrogens (tertiary/aromatic N) is 1. The fraction of sp³-hybridized carbons (Fsp3) is 0.462. The third kappa shape index (κ3) is 6.04. The lowest BCUT2D eigenvalue weighted by molar-refractivity contribution is -0.199. The van der Waals surface area contributed by atoms with Crippen molar-refractivity contribution < 1.29 is 45.9 Å². The molecule has 8 nitrogen and oxygen atoms in total. The van der Waals surface area contributed by atoms with Crippen molar-refractivity contribution in [2.75, 3.05) is 25.8 Å². The summed E-state index contributed by atoms with van der Waals surface area (Å²) in [5, 5.41) is 4.61. The van der Waals surface area contributed by atoms with Gasteiger partial charge in [-0.1, -0.05) is 17.7 Å². The molecule has 14 heteroatoms. The molecule has 0 bridgehead atoms.